The number of hydrogen-bond acceptors (Lipinski definition) is 3. The maximum Gasteiger partial charge on any atom is 0.159 e. The Balaban J connectivity index is 2.20. The van der Waals surface area contributed by atoms with Gasteiger partial charge in [0, 0.05) is 5.57 Å². The molecule has 2 rings (SSSR count). The van der Waals surface area contributed by atoms with E-state index in [0.717, 1.165) is 0 Å². The molecule has 0 radical (unpaired) electrons. The van der Waals surface area contributed by atoms with Crippen molar-refractivity contribution in [3.63, 3.8) is 0 Å². The van der Waals surface area contributed by atoms with Crippen molar-refractivity contribution in [3.05, 3.63) is 23.8 Å². The van der Waals surface area contributed by atoms with Gasteiger partial charge in [0.2, 0.25) is 0 Å². The summed E-state index contributed by atoms with van der Waals surface area (Å²) in [6.45, 7) is 1.87. The topological polar surface area (TPSA) is 35.5 Å². The number of fused-ring (bicyclic) bond motifs is 1. The molecule has 64 valence electrons. The van der Waals surface area contributed by atoms with Crippen molar-refractivity contribution in [1.29, 1.82) is 0 Å². The summed E-state index contributed by atoms with van der Waals surface area (Å²) in [5, 5.41) is 0. The van der Waals surface area contributed by atoms with Crippen LogP contribution in [0.4, 0.5) is 0 Å². The van der Waals surface area contributed by atoms with Gasteiger partial charge in [-0.2, -0.15) is 0 Å². The van der Waals surface area contributed by atoms with E-state index < -0.39 is 0 Å². The summed E-state index contributed by atoms with van der Waals surface area (Å²) in [4.78, 5) is 11.0. The van der Waals surface area contributed by atoms with E-state index in [2.05, 4.69) is 0 Å². The Morgan fingerprint density at radius 1 is 1.50 bits per heavy atom. The first kappa shape index (κ1) is 7.71. The number of hydrogen-bond donors (Lipinski definition) is 0. The van der Waals surface area contributed by atoms with Gasteiger partial charge in [-0.3, -0.25) is 4.79 Å². The number of ether oxygens (including phenoxy) is 2. The van der Waals surface area contributed by atoms with Crippen molar-refractivity contribution in [2.24, 2.45) is 0 Å². The molecule has 1 aliphatic carbocycles. The molecule has 12 heavy (non-hydrogen) atoms. The van der Waals surface area contributed by atoms with Crippen LogP contribution in [0.25, 0.3) is 0 Å². The summed E-state index contributed by atoms with van der Waals surface area (Å²) in [5.41, 5.74) is 0.710. The van der Waals surface area contributed by atoms with Gasteiger partial charge in [-0.25, -0.2) is 0 Å². The zero-order valence-corrected chi connectivity index (χ0v) is 6.82. The Morgan fingerprint density at radius 2 is 2.25 bits per heavy atom. The molecule has 1 heterocycles. The maximum atomic E-state index is 11.0. The van der Waals surface area contributed by atoms with Gasteiger partial charge < -0.3 is 9.47 Å². The third-order valence-corrected chi connectivity index (χ3v) is 2.06. The van der Waals surface area contributed by atoms with E-state index >= 15 is 0 Å². The van der Waals surface area contributed by atoms with Crippen LogP contribution in [0.2, 0.25) is 0 Å². The summed E-state index contributed by atoms with van der Waals surface area (Å²) < 4.78 is 10.5. The van der Waals surface area contributed by atoms with Crippen molar-refractivity contribution in [2.45, 2.75) is 19.1 Å². The van der Waals surface area contributed by atoms with E-state index in [9.17, 15) is 4.79 Å². The third-order valence-electron chi connectivity index (χ3n) is 2.06. The number of ketones is 1. The Kier molecular flexibility index (Phi) is 1.83. The van der Waals surface area contributed by atoms with Crippen LogP contribution in [0, 0.1) is 0 Å². The van der Waals surface area contributed by atoms with E-state index in [0.29, 0.717) is 12.4 Å². The van der Waals surface area contributed by atoms with Crippen LogP contribution in [0.3, 0.4) is 0 Å². The lowest BCUT2D eigenvalue weighted by atomic mass is 10.0. The summed E-state index contributed by atoms with van der Waals surface area (Å²) in [7, 11) is 0. The lowest BCUT2D eigenvalue weighted by Gasteiger charge is -2.14. The molecule has 1 fully saturated rings. The summed E-state index contributed by atoms with van der Waals surface area (Å²) in [5.74, 6) is 0.0696. The van der Waals surface area contributed by atoms with Gasteiger partial charge in [-0.1, -0.05) is 12.2 Å². The molecule has 1 saturated heterocycles. The van der Waals surface area contributed by atoms with Crippen LogP contribution in [0.1, 0.15) is 6.92 Å². The minimum Gasteiger partial charge on any atom is -0.345 e. The van der Waals surface area contributed by atoms with Gasteiger partial charge >= 0.3 is 0 Å². The second-order valence-corrected chi connectivity index (χ2v) is 2.92. The number of carbonyl (C=O) groups is 1. The van der Waals surface area contributed by atoms with E-state index in [4.69, 9.17) is 9.47 Å². The lowest BCUT2D eigenvalue weighted by molar-refractivity contribution is -0.113. The van der Waals surface area contributed by atoms with Gasteiger partial charge in [0.05, 0.1) is 0 Å². The fourth-order valence-electron chi connectivity index (χ4n) is 1.36. The van der Waals surface area contributed by atoms with E-state index in [-0.39, 0.29) is 18.0 Å². The molecule has 0 bridgehead atoms. The Hall–Kier alpha value is -0.930. The van der Waals surface area contributed by atoms with E-state index in [1.165, 1.54) is 0 Å². The average Bonchev–Trinajstić information content (AvgIpc) is 2.49. The van der Waals surface area contributed by atoms with Crippen molar-refractivity contribution in [3.8, 4) is 0 Å². The number of allylic oxidation sites excluding steroid dienone is 2. The van der Waals surface area contributed by atoms with Crippen molar-refractivity contribution < 1.29 is 14.3 Å². The molecule has 0 amide bonds. The highest BCUT2D eigenvalue weighted by Crippen LogP contribution is 2.22. The van der Waals surface area contributed by atoms with Crippen LogP contribution >= 0.6 is 0 Å². The largest absolute Gasteiger partial charge is 0.345 e. The van der Waals surface area contributed by atoms with Crippen molar-refractivity contribution >= 4 is 5.78 Å². The number of Topliss-reactive ketones (excluding diaryl/α,β-unsaturated/α-hetero) is 1. The molecule has 3 heteroatoms. The highest BCUT2D eigenvalue weighted by molar-refractivity contribution is 5.96. The smallest absolute Gasteiger partial charge is 0.159 e. The summed E-state index contributed by atoms with van der Waals surface area (Å²) >= 11 is 0. The molecule has 2 unspecified atom stereocenters. The molecule has 0 aromatic heterocycles. The van der Waals surface area contributed by atoms with Crippen LogP contribution in [-0.4, -0.2) is 24.8 Å². The summed E-state index contributed by atoms with van der Waals surface area (Å²) in [6, 6.07) is 0. The Morgan fingerprint density at radius 3 is 3.00 bits per heavy atom. The third kappa shape index (κ3) is 1.21. The molecule has 0 aromatic rings. The zero-order chi connectivity index (χ0) is 8.55. The highest BCUT2D eigenvalue weighted by Gasteiger charge is 2.28. The van der Waals surface area contributed by atoms with Gasteiger partial charge in [-0.05, 0) is 13.0 Å². The monoisotopic (exact) mass is 166 g/mol. The average molecular weight is 166 g/mol. The zero-order valence-electron chi connectivity index (χ0n) is 6.82. The van der Waals surface area contributed by atoms with Crippen LogP contribution in [-0.2, 0) is 14.3 Å². The molecule has 0 N–H and O–H groups in total. The highest BCUT2D eigenvalue weighted by atomic mass is 16.7. The quantitative estimate of drug-likeness (QED) is 0.578. The predicted octanol–water partition coefficient (Wildman–Crippen LogP) is 0.813. The maximum absolute atomic E-state index is 11.0. The molecular weight excluding hydrogens is 156 g/mol. The van der Waals surface area contributed by atoms with Gasteiger partial charge in [0.1, 0.15) is 19.0 Å². The van der Waals surface area contributed by atoms with E-state index in [1.54, 1.807) is 13.0 Å². The second kappa shape index (κ2) is 2.84. The minimum atomic E-state index is -0.0612. The van der Waals surface area contributed by atoms with Crippen molar-refractivity contribution in [1.82, 2.24) is 0 Å². The van der Waals surface area contributed by atoms with Gasteiger partial charge in [0.15, 0.2) is 5.78 Å². The van der Waals surface area contributed by atoms with Gasteiger partial charge in [-0.15, -0.1) is 0 Å². The van der Waals surface area contributed by atoms with Crippen molar-refractivity contribution in [2.75, 3.05) is 6.79 Å². The normalized spacial score (nSPS) is 32.9. The van der Waals surface area contributed by atoms with Gasteiger partial charge in [0.25, 0.3) is 0 Å². The first-order valence-electron chi connectivity index (χ1n) is 3.91. The molecule has 1 aliphatic heterocycles. The first-order chi connectivity index (χ1) is 5.77. The van der Waals surface area contributed by atoms with Crippen LogP contribution < -0.4 is 0 Å². The molecule has 0 saturated carbocycles. The molecule has 3 nitrogen and oxygen atoms in total. The molecule has 0 spiro atoms. The first-order valence-corrected chi connectivity index (χ1v) is 3.91. The molecule has 2 aliphatic rings. The lowest BCUT2D eigenvalue weighted by Crippen LogP contribution is -2.22. The summed E-state index contributed by atoms with van der Waals surface area (Å²) in [6.07, 6.45) is 5.43. The predicted molar refractivity (Wildman–Crippen MR) is 42.5 cm³/mol. The fraction of sp³-hybridized carbons (Fsp3) is 0.444. The SMILES string of the molecule is CC(=O)C1=CC2OCOC2C=C1. The Bertz CT molecular complexity index is 265. The van der Waals surface area contributed by atoms with Crippen LogP contribution in [0.5, 0.6) is 0 Å². The minimum absolute atomic E-state index is 0.00750. The molecule has 0 aromatic carbocycles. The standard InChI is InChI=1S/C9H10O3/c1-6(10)7-2-3-8-9(4-7)12-5-11-8/h2-4,8-9H,5H2,1H3. The fourth-order valence-corrected chi connectivity index (χ4v) is 1.36. The number of rotatable bonds is 1. The molecular formula is C9H10O3. The molecule has 2 atom stereocenters. The Labute approximate surface area is 70.7 Å². The van der Waals surface area contributed by atoms with Crippen LogP contribution in [0.15, 0.2) is 23.8 Å². The van der Waals surface area contributed by atoms with E-state index in [1.807, 2.05) is 12.2 Å². The second-order valence-electron chi connectivity index (χ2n) is 2.92. The number of carbonyl (C=O) groups excluding carboxylic acids is 1.